The van der Waals surface area contributed by atoms with Crippen molar-refractivity contribution in [3.05, 3.63) is 83.7 Å². The fourth-order valence-corrected chi connectivity index (χ4v) is 3.42. The first-order valence-electron chi connectivity index (χ1n) is 10.5. The first-order valence-corrected chi connectivity index (χ1v) is 10.5. The Morgan fingerprint density at radius 3 is 2.40 bits per heavy atom. The molecule has 35 heavy (non-hydrogen) atoms. The van der Waals surface area contributed by atoms with Crippen LogP contribution in [0.1, 0.15) is 23.6 Å². The van der Waals surface area contributed by atoms with Crippen LogP contribution >= 0.6 is 0 Å². The van der Waals surface area contributed by atoms with Gasteiger partial charge in [-0.15, -0.1) is 0 Å². The summed E-state index contributed by atoms with van der Waals surface area (Å²) in [6.45, 7) is 0.727. The monoisotopic (exact) mass is 484 g/mol. The number of nitrogens with zero attached hydrogens (tertiary/aromatic N) is 5. The van der Waals surface area contributed by atoms with Crippen LogP contribution in [0.25, 0.3) is 11.1 Å². The van der Waals surface area contributed by atoms with Crippen LogP contribution in [0, 0.1) is 11.6 Å². The SMILES string of the molecule is Cn1cc(Nc2ncc(-c3cc(F)c(CC(=O)Cc4cncc(C(C)(F)F)c4)cc3F)cn2)cn1. The van der Waals surface area contributed by atoms with Gasteiger partial charge < -0.3 is 5.32 Å². The number of benzene rings is 1. The van der Waals surface area contributed by atoms with E-state index in [2.05, 4.69) is 25.4 Å². The fraction of sp³-hybridized carbons (Fsp3) is 0.208. The maximum atomic E-state index is 14.8. The zero-order valence-electron chi connectivity index (χ0n) is 18.8. The molecule has 180 valence electrons. The van der Waals surface area contributed by atoms with Gasteiger partial charge in [0.2, 0.25) is 5.95 Å². The number of halogens is 4. The first kappa shape index (κ1) is 24.0. The highest BCUT2D eigenvalue weighted by molar-refractivity contribution is 5.83. The topological polar surface area (TPSA) is 85.6 Å². The van der Waals surface area contributed by atoms with Crippen molar-refractivity contribution in [1.29, 1.82) is 0 Å². The van der Waals surface area contributed by atoms with Crippen molar-refractivity contribution in [2.45, 2.75) is 25.7 Å². The molecule has 0 aliphatic rings. The molecule has 0 unspecified atom stereocenters. The average molecular weight is 484 g/mol. The molecule has 0 saturated carbocycles. The Labute approximate surface area is 197 Å². The third-order valence-corrected chi connectivity index (χ3v) is 5.15. The van der Waals surface area contributed by atoms with E-state index in [1.807, 2.05) is 0 Å². The minimum Gasteiger partial charge on any atom is -0.321 e. The van der Waals surface area contributed by atoms with Crippen LogP contribution in [0.3, 0.4) is 0 Å². The van der Waals surface area contributed by atoms with E-state index in [4.69, 9.17) is 0 Å². The van der Waals surface area contributed by atoms with Gasteiger partial charge in [-0.1, -0.05) is 0 Å². The molecule has 3 heterocycles. The van der Waals surface area contributed by atoms with Crippen LogP contribution in [-0.2, 0) is 30.6 Å². The number of anilines is 2. The van der Waals surface area contributed by atoms with Crippen molar-refractivity contribution in [3.8, 4) is 11.1 Å². The number of hydrogen-bond donors (Lipinski definition) is 1. The summed E-state index contributed by atoms with van der Waals surface area (Å²) in [6, 6.07) is 3.10. The summed E-state index contributed by atoms with van der Waals surface area (Å²) in [5.74, 6) is -4.85. The Hall–Kier alpha value is -4.15. The normalized spacial score (nSPS) is 11.5. The maximum Gasteiger partial charge on any atom is 0.272 e. The third kappa shape index (κ3) is 5.86. The van der Waals surface area contributed by atoms with E-state index in [-0.39, 0.29) is 40.2 Å². The predicted octanol–water partition coefficient (Wildman–Crippen LogP) is 4.76. The molecule has 11 heteroatoms. The highest BCUT2D eigenvalue weighted by Gasteiger charge is 2.25. The molecule has 1 N–H and O–H groups in total. The molecule has 1 aromatic carbocycles. The Morgan fingerprint density at radius 2 is 1.74 bits per heavy atom. The summed E-state index contributed by atoms with van der Waals surface area (Å²) >= 11 is 0. The number of aromatic nitrogens is 5. The van der Waals surface area contributed by atoms with Gasteiger partial charge in [0, 0.05) is 74.5 Å². The van der Waals surface area contributed by atoms with E-state index in [1.54, 1.807) is 24.1 Å². The molecule has 0 amide bonds. The summed E-state index contributed by atoms with van der Waals surface area (Å²) in [4.78, 5) is 24.4. The third-order valence-electron chi connectivity index (χ3n) is 5.15. The standard InChI is InChI=1S/C24H20F4N6O/c1-24(27,28)17-3-14(8-29-11-17)4-19(35)5-15-6-22(26)20(7-21(15)25)16-9-30-23(31-10-16)33-18-12-32-34(2)13-18/h3,6-13H,4-5H2,1-2H3,(H,30,31,33). The number of hydrogen-bond acceptors (Lipinski definition) is 6. The molecule has 0 radical (unpaired) electrons. The molecule has 3 aromatic heterocycles. The van der Waals surface area contributed by atoms with Crippen LogP contribution < -0.4 is 5.32 Å². The van der Waals surface area contributed by atoms with Crippen LogP contribution in [0.4, 0.5) is 29.2 Å². The quantitative estimate of drug-likeness (QED) is 0.363. The van der Waals surface area contributed by atoms with Crippen molar-refractivity contribution < 1.29 is 22.4 Å². The maximum absolute atomic E-state index is 14.8. The molecule has 0 saturated heterocycles. The van der Waals surface area contributed by atoms with E-state index < -0.39 is 29.8 Å². The minimum absolute atomic E-state index is 0.0614. The van der Waals surface area contributed by atoms with Crippen LogP contribution in [-0.4, -0.2) is 30.5 Å². The smallest absolute Gasteiger partial charge is 0.272 e. The van der Waals surface area contributed by atoms with Gasteiger partial charge in [0.15, 0.2) is 0 Å². The number of aryl methyl sites for hydroxylation is 1. The van der Waals surface area contributed by atoms with E-state index in [9.17, 15) is 22.4 Å². The lowest BCUT2D eigenvalue weighted by atomic mass is 9.99. The van der Waals surface area contributed by atoms with Gasteiger partial charge in [0.25, 0.3) is 5.92 Å². The number of rotatable bonds is 8. The Balaban J connectivity index is 1.46. The zero-order chi connectivity index (χ0) is 25.2. The molecule has 0 bridgehead atoms. The summed E-state index contributed by atoms with van der Waals surface area (Å²) in [5.41, 5.74) is 0.652. The number of Topliss-reactive ketones (excluding diaryl/α,β-unsaturated/α-hetero) is 1. The van der Waals surface area contributed by atoms with Crippen molar-refractivity contribution in [2.24, 2.45) is 7.05 Å². The molecule has 4 rings (SSSR count). The van der Waals surface area contributed by atoms with Crippen LogP contribution in [0.15, 0.2) is 55.4 Å². The summed E-state index contributed by atoms with van der Waals surface area (Å²) in [5, 5.41) is 6.95. The van der Waals surface area contributed by atoms with E-state index in [0.29, 0.717) is 5.69 Å². The van der Waals surface area contributed by atoms with Crippen molar-refractivity contribution >= 4 is 17.4 Å². The molecule has 0 atom stereocenters. The van der Waals surface area contributed by atoms with Crippen molar-refractivity contribution in [3.63, 3.8) is 0 Å². The van der Waals surface area contributed by atoms with Gasteiger partial charge in [0.05, 0.1) is 11.9 Å². The molecule has 0 spiro atoms. The van der Waals surface area contributed by atoms with Crippen LogP contribution in [0.5, 0.6) is 0 Å². The molecule has 4 aromatic rings. The number of alkyl halides is 2. The highest BCUT2D eigenvalue weighted by Crippen LogP contribution is 2.28. The van der Waals surface area contributed by atoms with Gasteiger partial charge in [-0.3, -0.25) is 14.5 Å². The van der Waals surface area contributed by atoms with E-state index in [0.717, 1.165) is 25.3 Å². The predicted molar refractivity (Wildman–Crippen MR) is 120 cm³/mol. The van der Waals surface area contributed by atoms with Crippen molar-refractivity contribution in [1.82, 2.24) is 24.7 Å². The fourth-order valence-electron chi connectivity index (χ4n) is 3.42. The number of nitrogens with one attached hydrogen (secondary N) is 1. The molecule has 0 aliphatic carbocycles. The number of carbonyl (C=O) groups excluding carboxylic acids is 1. The van der Waals surface area contributed by atoms with Gasteiger partial charge in [0.1, 0.15) is 17.4 Å². The van der Waals surface area contributed by atoms with Gasteiger partial charge in [-0.25, -0.2) is 27.5 Å². The lowest BCUT2D eigenvalue weighted by Gasteiger charge is -2.11. The summed E-state index contributed by atoms with van der Waals surface area (Å²) in [6.07, 6.45) is 7.67. The summed E-state index contributed by atoms with van der Waals surface area (Å²) < 4.78 is 58.0. The molecule has 0 fully saturated rings. The Morgan fingerprint density at radius 1 is 1.00 bits per heavy atom. The van der Waals surface area contributed by atoms with E-state index >= 15 is 0 Å². The van der Waals surface area contributed by atoms with Crippen LogP contribution in [0.2, 0.25) is 0 Å². The number of pyridine rings is 1. The Bertz CT molecular complexity index is 1370. The lowest BCUT2D eigenvalue weighted by molar-refractivity contribution is -0.117. The molecule has 7 nitrogen and oxygen atoms in total. The Kier molecular flexibility index (Phi) is 6.59. The second kappa shape index (κ2) is 9.61. The second-order valence-electron chi connectivity index (χ2n) is 8.11. The summed E-state index contributed by atoms with van der Waals surface area (Å²) in [7, 11) is 1.76. The average Bonchev–Trinajstić information content (AvgIpc) is 3.20. The van der Waals surface area contributed by atoms with Gasteiger partial charge >= 0.3 is 0 Å². The molecular weight excluding hydrogens is 464 g/mol. The number of carbonyl (C=O) groups is 1. The molecular formula is C24H20F4N6O. The lowest BCUT2D eigenvalue weighted by Crippen LogP contribution is -2.12. The second-order valence-corrected chi connectivity index (χ2v) is 8.11. The van der Waals surface area contributed by atoms with E-state index in [1.165, 1.54) is 24.7 Å². The largest absolute Gasteiger partial charge is 0.321 e. The highest BCUT2D eigenvalue weighted by atomic mass is 19.3. The first-order chi connectivity index (χ1) is 16.6. The van der Waals surface area contributed by atoms with Gasteiger partial charge in [-0.2, -0.15) is 5.10 Å². The minimum atomic E-state index is -3.10. The van der Waals surface area contributed by atoms with Crippen molar-refractivity contribution in [2.75, 3.05) is 5.32 Å². The van der Waals surface area contributed by atoms with Gasteiger partial charge in [-0.05, 0) is 29.3 Å². The number of ketones is 1. The molecule has 0 aliphatic heterocycles. The zero-order valence-corrected chi connectivity index (χ0v) is 18.8.